The monoisotopic (exact) mass is 287 g/mol. The number of anilines is 1. The minimum atomic E-state index is -1.06. The molecule has 2 aromatic heterocycles. The molecule has 2 aromatic rings. The molecule has 0 fully saturated rings. The number of nitrogen functional groups attached to an aromatic ring is 1. The number of H-pyrrole nitrogens is 1. The van der Waals surface area contributed by atoms with E-state index < -0.39 is 17.9 Å². The molecule has 1 atom stereocenters. The Balaban J connectivity index is 1.93. The Bertz CT molecular complexity index is 694. The van der Waals surface area contributed by atoms with Gasteiger partial charge in [0.2, 0.25) is 0 Å². The number of rotatable bonds is 2. The van der Waals surface area contributed by atoms with Gasteiger partial charge in [0.25, 0.3) is 5.91 Å². The number of fused-ring (bicyclic) bond motifs is 1. The van der Waals surface area contributed by atoms with Crippen LogP contribution in [0.25, 0.3) is 0 Å². The molecule has 1 aliphatic heterocycles. The third-order valence-electron chi connectivity index (χ3n) is 3.45. The lowest BCUT2D eigenvalue weighted by atomic mass is 10.0. The van der Waals surface area contributed by atoms with Gasteiger partial charge in [0.05, 0.1) is 36.1 Å². The molecule has 4 N–H and O–H groups in total. The van der Waals surface area contributed by atoms with Crippen LogP contribution in [0.3, 0.4) is 0 Å². The first-order chi connectivity index (χ1) is 10.1. The molecule has 3 heterocycles. The Labute approximate surface area is 119 Å². The van der Waals surface area contributed by atoms with Gasteiger partial charge in [0.15, 0.2) is 0 Å². The van der Waals surface area contributed by atoms with Crippen LogP contribution in [-0.4, -0.2) is 42.9 Å². The Morgan fingerprint density at radius 2 is 2.19 bits per heavy atom. The highest BCUT2D eigenvalue weighted by molar-refractivity contribution is 5.95. The molecule has 1 unspecified atom stereocenters. The summed E-state index contributed by atoms with van der Waals surface area (Å²) >= 11 is 0. The fraction of sp³-hybridized carbons (Fsp3) is 0.231. The second-order valence-corrected chi connectivity index (χ2v) is 4.80. The molecule has 3 rings (SSSR count). The normalized spacial score (nSPS) is 17.3. The van der Waals surface area contributed by atoms with E-state index in [9.17, 15) is 14.7 Å². The van der Waals surface area contributed by atoms with Crippen LogP contribution in [0.15, 0.2) is 24.7 Å². The van der Waals surface area contributed by atoms with E-state index in [1.165, 1.54) is 23.5 Å². The van der Waals surface area contributed by atoms with Crippen LogP contribution in [0.4, 0.5) is 5.69 Å². The van der Waals surface area contributed by atoms with Gasteiger partial charge in [-0.25, -0.2) is 14.8 Å². The lowest BCUT2D eigenvalue weighted by Gasteiger charge is -2.32. The summed E-state index contributed by atoms with van der Waals surface area (Å²) in [6.45, 7) is 0.164. The number of nitrogens with one attached hydrogen (secondary N) is 1. The van der Waals surface area contributed by atoms with Crippen molar-refractivity contribution in [1.29, 1.82) is 0 Å². The van der Waals surface area contributed by atoms with Crippen molar-refractivity contribution in [1.82, 2.24) is 19.9 Å². The number of imidazole rings is 1. The number of pyridine rings is 1. The van der Waals surface area contributed by atoms with E-state index in [-0.39, 0.29) is 18.7 Å². The fourth-order valence-electron chi connectivity index (χ4n) is 2.35. The quantitative estimate of drug-likeness (QED) is 0.716. The van der Waals surface area contributed by atoms with Gasteiger partial charge < -0.3 is 20.7 Å². The molecule has 1 aliphatic rings. The molecule has 0 saturated heterocycles. The van der Waals surface area contributed by atoms with Crippen LogP contribution in [-0.2, 0) is 17.8 Å². The van der Waals surface area contributed by atoms with Gasteiger partial charge in [-0.05, 0) is 12.1 Å². The van der Waals surface area contributed by atoms with Crippen molar-refractivity contribution in [3.63, 3.8) is 0 Å². The molecule has 8 heteroatoms. The van der Waals surface area contributed by atoms with Crippen molar-refractivity contribution in [3.05, 3.63) is 41.7 Å². The summed E-state index contributed by atoms with van der Waals surface area (Å²) in [4.78, 5) is 36.1. The number of hydrogen-bond acceptors (Lipinski definition) is 5. The number of carbonyl (C=O) groups is 2. The summed E-state index contributed by atoms with van der Waals surface area (Å²) in [6.07, 6.45) is 3.04. The molecular formula is C13H13N5O3. The Morgan fingerprint density at radius 1 is 1.38 bits per heavy atom. The van der Waals surface area contributed by atoms with Crippen LogP contribution in [0.1, 0.15) is 21.9 Å². The van der Waals surface area contributed by atoms with Crippen LogP contribution in [0, 0.1) is 0 Å². The zero-order chi connectivity index (χ0) is 15.0. The molecule has 0 saturated carbocycles. The van der Waals surface area contributed by atoms with Crippen LogP contribution >= 0.6 is 0 Å². The zero-order valence-electron chi connectivity index (χ0n) is 11.0. The summed E-state index contributed by atoms with van der Waals surface area (Å²) in [7, 11) is 0. The molecule has 108 valence electrons. The smallest absolute Gasteiger partial charge is 0.326 e. The summed E-state index contributed by atoms with van der Waals surface area (Å²) in [6, 6.07) is 2.09. The number of aromatic amines is 1. The number of amides is 1. The molecular weight excluding hydrogens is 274 g/mol. The minimum Gasteiger partial charge on any atom is -0.480 e. The first kappa shape index (κ1) is 13.1. The maximum absolute atomic E-state index is 12.5. The molecule has 0 bridgehead atoms. The van der Waals surface area contributed by atoms with Gasteiger partial charge in [-0.15, -0.1) is 0 Å². The maximum atomic E-state index is 12.5. The van der Waals surface area contributed by atoms with Gasteiger partial charge in [-0.3, -0.25) is 4.79 Å². The van der Waals surface area contributed by atoms with Crippen molar-refractivity contribution < 1.29 is 14.7 Å². The van der Waals surface area contributed by atoms with Gasteiger partial charge in [-0.2, -0.15) is 0 Å². The Morgan fingerprint density at radius 3 is 2.86 bits per heavy atom. The van der Waals surface area contributed by atoms with E-state index in [4.69, 9.17) is 5.73 Å². The number of aromatic nitrogens is 3. The van der Waals surface area contributed by atoms with Gasteiger partial charge in [-0.1, -0.05) is 0 Å². The van der Waals surface area contributed by atoms with Crippen molar-refractivity contribution in [2.24, 2.45) is 0 Å². The number of carbonyl (C=O) groups excluding carboxylic acids is 1. The van der Waals surface area contributed by atoms with Crippen molar-refractivity contribution in [2.45, 2.75) is 19.0 Å². The highest BCUT2D eigenvalue weighted by Gasteiger charge is 2.36. The largest absolute Gasteiger partial charge is 0.480 e. The topological polar surface area (TPSA) is 125 Å². The molecule has 0 aromatic carbocycles. The first-order valence-electron chi connectivity index (χ1n) is 6.32. The first-order valence-corrected chi connectivity index (χ1v) is 6.32. The second-order valence-electron chi connectivity index (χ2n) is 4.80. The number of carboxylic acids is 1. The van der Waals surface area contributed by atoms with Gasteiger partial charge >= 0.3 is 5.97 Å². The number of nitrogens with zero attached hydrogens (tertiary/aromatic N) is 3. The van der Waals surface area contributed by atoms with E-state index in [0.717, 1.165) is 5.69 Å². The van der Waals surface area contributed by atoms with E-state index in [1.807, 2.05) is 0 Å². The third-order valence-corrected chi connectivity index (χ3v) is 3.45. The Kier molecular flexibility index (Phi) is 3.05. The number of nitrogens with two attached hydrogens (primary N) is 1. The van der Waals surface area contributed by atoms with E-state index in [0.29, 0.717) is 11.4 Å². The highest BCUT2D eigenvalue weighted by atomic mass is 16.4. The van der Waals surface area contributed by atoms with E-state index in [1.54, 1.807) is 6.07 Å². The van der Waals surface area contributed by atoms with Crippen LogP contribution < -0.4 is 5.73 Å². The predicted molar refractivity (Wildman–Crippen MR) is 72.2 cm³/mol. The van der Waals surface area contributed by atoms with Crippen LogP contribution in [0.2, 0.25) is 0 Å². The lowest BCUT2D eigenvalue weighted by molar-refractivity contribution is -0.142. The number of aliphatic carboxylic acids is 1. The van der Waals surface area contributed by atoms with Crippen molar-refractivity contribution >= 4 is 17.6 Å². The average molecular weight is 287 g/mol. The summed E-state index contributed by atoms with van der Waals surface area (Å²) < 4.78 is 0. The molecule has 8 nitrogen and oxygen atoms in total. The summed E-state index contributed by atoms with van der Waals surface area (Å²) in [5, 5.41) is 9.34. The zero-order valence-corrected chi connectivity index (χ0v) is 11.0. The van der Waals surface area contributed by atoms with Crippen molar-refractivity contribution in [2.75, 3.05) is 5.73 Å². The lowest BCUT2D eigenvalue weighted by Crippen LogP contribution is -2.48. The van der Waals surface area contributed by atoms with Gasteiger partial charge in [0.1, 0.15) is 11.7 Å². The van der Waals surface area contributed by atoms with E-state index >= 15 is 0 Å². The average Bonchev–Trinajstić information content (AvgIpc) is 2.93. The summed E-state index contributed by atoms with van der Waals surface area (Å²) in [5.41, 5.74) is 7.57. The second kappa shape index (κ2) is 4.89. The molecule has 21 heavy (non-hydrogen) atoms. The van der Waals surface area contributed by atoms with E-state index in [2.05, 4.69) is 15.0 Å². The fourth-order valence-corrected chi connectivity index (χ4v) is 2.35. The van der Waals surface area contributed by atoms with Gasteiger partial charge in [0, 0.05) is 6.42 Å². The number of carboxylic acid groups (broad SMARTS) is 1. The molecule has 0 radical (unpaired) electrons. The predicted octanol–water partition coefficient (Wildman–Crippen LogP) is 0.0386. The minimum absolute atomic E-state index is 0.164. The Hall–Kier alpha value is -2.90. The molecule has 1 amide bonds. The molecule has 0 aliphatic carbocycles. The highest BCUT2D eigenvalue weighted by Crippen LogP contribution is 2.22. The maximum Gasteiger partial charge on any atom is 0.326 e. The standard InChI is InChI=1S/C13H13N5O3/c14-7-1-2-8(15-4-7)12(19)18-5-10-9(16-6-17-10)3-11(18)13(20)21/h1-2,4,6,11H,3,5,14H2,(H,16,17)(H,20,21). The number of hydrogen-bond donors (Lipinski definition) is 3. The SMILES string of the molecule is Nc1ccc(C(=O)N2Cc3[nH]cnc3CC2C(=O)O)nc1. The van der Waals surface area contributed by atoms with Crippen LogP contribution in [0.5, 0.6) is 0 Å². The summed E-state index contributed by atoms with van der Waals surface area (Å²) in [5.74, 6) is -1.50. The third kappa shape index (κ3) is 2.31. The van der Waals surface area contributed by atoms with Crippen molar-refractivity contribution in [3.8, 4) is 0 Å². The molecule has 0 spiro atoms.